The minimum Gasteiger partial charge on any atom is -0.393 e. The molecule has 2 fully saturated rings. The molecule has 0 amide bonds. The van der Waals surface area contributed by atoms with Crippen molar-refractivity contribution in [3.63, 3.8) is 0 Å². The number of morpholine rings is 1. The van der Waals surface area contributed by atoms with Gasteiger partial charge in [0.05, 0.1) is 25.9 Å². The molecular weight excluding hydrogens is 256 g/mol. The minimum absolute atomic E-state index is 0.176. The van der Waals surface area contributed by atoms with Gasteiger partial charge in [0.1, 0.15) is 11.6 Å². The van der Waals surface area contributed by atoms with Crippen LogP contribution in [0.2, 0.25) is 0 Å². The summed E-state index contributed by atoms with van der Waals surface area (Å²) in [6.07, 6.45) is 3.83. The number of aryl methyl sites for hydroxylation is 1. The average molecular weight is 280 g/mol. The third kappa shape index (κ3) is 2.87. The maximum absolute atomic E-state index is 10.1. The molecule has 0 radical (unpaired) electrons. The van der Waals surface area contributed by atoms with Crippen LogP contribution in [0.25, 0.3) is 0 Å². The van der Waals surface area contributed by atoms with Gasteiger partial charge in [-0.15, -0.1) is 0 Å². The number of H-pyrrole nitrogens is 1. The molecule has 1 aliphatic carbocycles. The second-order valence-electron chi connectivity index (χ2n) is 5.83. The number of nitrogens with one attached hydrogen (secondary N) is 1. The van der Waals surface area contributed by atoms with Gasteiger partial charge in [0.2, 0.25) is 0 Å². The Kier molecular flexibility index (Phi) is 4.33. The lowest BCUT2D eigenvalue weighted by atomic mass is 9.94. The first-order valence-corrected chi connectivity index (χ1v) is 7.68. The molecule has 1 saturated heterocycles. The van der Waals surface area contributed by atoms with Crippen LogP contribution in [0, 0.1) is 5.92 Å². The fourth-order valence-corrected chi connectivity index (χ4v) is 3.42. The SMILES string of the molecule is CCc1n[nH]c(CN2CCOC[C@@H]2[C@@H]2CCC[C@H]2O)n1. The zero-order valence-electron chi connectivity index (χ0n) is 12.1. The molecule has 3 atom stereocenters. The lowest BCUT2D eigenvalue weighted by Crippen LogP contribution is -2.50. The smallest absolute Gasteiger partial charge is 0.150 e. The molecule has 2 N–H and O–H groups in total. The van der Waals surface area contributed by atoms with E-state index in [2.05, 4.69) is 27.0 Å². The zero-order chi connectivity index (χ0) is 13.9. The quantitative estimate of drug-likeness (QED) is 0.850. The van der Waals surface area contributed by atoms with Crippen molar-refractivity contribution >= 4 is 0 Å². The monoisotopic (exact) mass is 280 g/mol. The molecule has 0 bridgehead atoms. The number of aliphatic hydroxyl groups is 1. The van der Waals surface area contributed by atoms with E-state index in [9.17, 15) is 5.11 Å². The lowest BCUT2D eigenvalue weighted by Gasteiger charge is -2.39. The van der Waals surface area contributed by atoms with E-state index < -0.39 is 0 Å². The number of hydrogen-bond donors (Lipinski definition) is 2. The molecule has 2 aliphatic rings. The summed E-state index contributed by atoms with van der Waals surface area (Å²) in [4.78, 5) is 6.88. The Hall–Kier alpha value is -0.980. The van der Waals surface area contributed by atoms with Crippen molar-refractivity contribution < 1.29 is 9.84 Å². The number of aromatic amines is 1. The fourth-order valence-electron chi connectivity index (χ4n) is 3.42. The molecule has 112 valence electrons. The van der Waals surface area contributed by atoms with Crippen molar-refractivity contribution in [1.29, 1.82) is 0 Å². The second-order valence-corrected chi connectivity index (χ2v) is 5.83. The Morgan fingerprint density at radius 1 is 1.45 bits per heavy atom. The Balaban J connectivity index is 1.68. The molecule has 1 saturated carbocycles. The van der Waals surface area contributed by atoms with Crippen LogP contribution in [-0.2, 0) is 17.7 Å². The highest BCUT2D eigenvalue weighted by molar-refractivity contribution is 4.94. The first-order chi connectivity index (χ1) is 9.78. The number of aromatic nitrogens is 3. The van der Waals surface area contributed by atoms with Crippen LogP contribution < -0.4 is 0 Å². The van der Waals surface area contributed by atoms with Gasteiger partial charge in [-0.1, -0.05) is 13.3 Å². The van der Waals surface area contributed by atoms with Crippen LogP contribution in [0.4, 0.5) is 0 Å². The molecule has 6 nitrogen and oxygen atoms in total. The van der Waals surface area contributed by atoms with Crippen LogP contribution in [0.5, 0.6) is 0 Å². The first-order valence-electron chi connectivity index (χ1n) is 7.68. The largest absolute Gasteiger partial charge is 0.393 e. The van der Waals surface area contributed by atoms with Crippen molar-refractivity contribution in [2.24, 2.45) is 5.92 Å². The number of ether oxygens (including phenoxy) is 1. The van der Waals surface area contributed by atoms with E-state index >= 15 is 0 Å². The van der Waals surface area contributed by atoms with Gasteiger partial charge in [-0.05, 0) is 12.8 Å². The third-order valence-electron chi connectivity index (χ3n) is 4.55. The Morgan fingerprint density at radius 3 is 3.05 bits per heavy atom. The van der Waals surface area contributed by atoms with E-state index in [0.29, 0.717) is 12.0 Å². The van der Waals surface area contributed by atoms with E-state index in [1.165, 1.54) is 0 Å². The van der Waals surface area contributed by atoms with Crippen molar-refractivity contribution in [3.05, 3.63) is 11.6 Å². The van der Waals surface area contributed by atoms with Gasteiger partial charge in [-0.2, -0.15) is 5.10 Å². The molecule has 2 heterocycles. The summed E-state index contributed by atoms with van der Waals surface area (Å²) in [6, 6.07) is 0.302. The summed E-state index contributed by atoms with van der Waals surface area (Å²) in [7, 11) is 0. The van der Waals surface area contributed by atoms with Gasteiger partial charge in [0.25, 0.3) is 0 Å². The molecule has 1 aromatic heterocycles. The average Bonchev–Trinajstić information content (AvgIpc) is 3.08. The maximum atomic E-state index is 10.1. The topological polar surface area (TPSA) is 74.3 Å². The zero-order valence-corrected chi connectivity index (χ0v) is 12.1. The predicted octanol–water partition coefficient (Wildman–Crippen LogP) is 0.729. The van der Waals surface area contributed by atoms with Gasteiger partial charge in [0.15, 0.2) is 0 Å². The van der Waals surface area contributed by atoms with Gasteiger partial charge in [0, 0.05) is 24.9 Å². The first kappa shape index (κ1) is 14.0. The molecular formula is C14H24N4O2. The van der Waals surface area contributed by atoms with Gasteiger partial charge in [-0.25, -0.2) is 4.98 Å². The second kappa shape index (κ2) is 6.20. The summed E-state index contributed by atoms with van der Waals surface area (Å²) >= 11 is 0. The molecule has 0 aromatic carbocycles. The number of aliphatic hydroxyl groups excluding tert-OH is 1. The van der Waals surface area contributed by atoms with E-state index in [-0.39, 0.29) is 6.10 Å². The van der Waals surface area contributed by atoms with E-state index in [4.69, 9.17) is 4.74 Å². The lowest BCUT2D eigenvalue weighted by molar-refractivity contribution is -0.0545. The standard InChI is InChI=1S/C14H24N4O2/c1-2-13-15-14(17-16-13)8-18-6-7-20-9-11(18)10-4-3-5-12(10)19/h10-12,19H,2-9H2,1H3,(H,15,16,17)/t10-,11+,12+/m0/s1. The van der Waals surface area contributed by atoms with Crippen LogP contribution in [0.3, 0.4) is 0 Å². The summed E-state index contributed by atoms with van der Waals surface area (Å²) in [6.45, 7) is 5.20. The minimum atomic E-state index is -0.176. The number of hydrogen-bond acceptors (Lipinski definition) is 5. The van der Waals surface area contributed by atoms with Crippen LogP contribution in [0.15, 0.2) is 0 Å². The van der Waals surface area contributed by atoms with Gasteiger partial charge in [-0.3, -0.25) is 10.00 Å². The van der Waals surface area contributed by atoms with Crippen molar-refractivity contribution in [2.75, 3.05) is 19.8 Å². The Labute approximate surface area is 119 Å². The molecule has 1 aliphatic heterocycles. The van der Waals surface area contributed by atoms with E-state index in [0.717, 1.165) is 63.6 Å². The van der Waals surface area contributed by atoms with Gasteiger partial charge < -0.3 is 9.84 Å². The highest BCUT2D eigenvalue weighted by Crippen LogP contribution is 2.32. The third-order valence-corrected chi connectivity index (χ3v) is 4.55. The number of nitrogens with zero attached hydrogens (tertiary/aromatic N) is 3. The van der Waals surface area contributed by atoms with Crippen LogP contribution in [0.1, 0.15) is 37.8 Å². The molecule has 3 rings (SSSR count). The molecule has 6 heteroatoms. The molecule has 20 heavy (non-hydrogen) atoms. The van der Waals surface area contributed by atoms with Crippen molar-refractivity contribution in [1.82, 2.24) is 20.1 Å². The van der Waals surface area contributed by atoms with Gasteiger partial charge >= 0.3 is 0 Å². The maximum Gasteiger partial charge on any atom is 0.150 e. The fraction of sp³-hybridized carbons (Fsp3) is 0.857. The van der Waals surface area contributed by atoms with Crippen molar-refractivity contribution in [3.8, 4) is 0 Å². The molecule has 0 unspecified atom stereocenters. The summed E-state index contributed by atoms with van der Waals surface area (Å²) < 4.78 is 5.64. The highest BCUT2D eigenvalue weighted by atomic mass is 16.5. The summed E-state index contributed by atoms with van der Waals surface area (Å²) in [5.41, 5.74) is 0. The number of rotatable bonds is 4. The summed E-state index contributed by atoms with van der Waals surface area (Å²) in [5.74, 6) is 2.12. The molecule has 1 aromatic rings. The van der Waals surface area contributed by atoms with Crippen molar-refractivity contribution in [2.45, 2.75) is 51.3 Å². The predicted molar refractivity (Wildman–Crippen MR) is 74.1 cm³/mol. The van der Waals surface area contributed by atoms with Crippen LogP contribution in [-0.4, -0.2) is 57.1 Å². The Bertz CT molecular complexity index is 437. The highest BCUT2D eigenvalue weighted by Gasteiger charge is 2.37. The van der Waals surface area contributed by atoms with Crippen LogP contribution >= 0.6 is 0 Å². The Morgan fingerprint density at radius 2 is 2.35 bits per heavy atom. The van der Waals surface area contributed by atoms with E-state index in [1.807, 2.05) is 0 Å². The molecule has 0 spiro atoms. The van der Waals surface area contributed by atoms with E-state index in [1.54, 1.807) is 0 Å². The normalized spacial score (nSPS) is 31.8. The summed E-state index contributed by atoms with van der Waals surface area (Å²) in [5, 5.41) is 17.4.